The minimum atomic E-state index is -1.68. The molecular formula is C27H58N2O10. The minimum Gasteiger partial charge on any atom is -0.394 e. The molecule has 0 saturated heterocycles. The molecule has 0 bridgehead atoms. The van der Waals surface area contributed by atoms with Gasteiger partial charge in [-0.25, -0.2) is 0 Å². The van der Waals surface area contributed by atoms with Gasteiger partial charge in [-0.05, 0) is 45.4 Å². The topological polar surface area (TPSA) is 209 Å². The lowest BCUT2D eigenvalue weighted by atomic mass is 10.0. The van der Waals surface area contributed by atoms with Gasteiger partial charge in [0.15, 0.2) is 0 Å². The standard InChI is InChI=1S/C27H58N2O10/c1-3-5-7-9-12-28(16-20(32)24(36)26(38)22(34)18-30)14-11-15-29(13-10-8-6-4-2)17-21(33)25(37)27(39)23(35)19-31/h20-27,30-39H,3-19H2,1-2H3. The highest BCUT2D eigenvalue weighted by atomic mass is 16.4. The predicted octanol–water partition coefficient (Wildman–Crippen LogP) is -1.99. The zero-order chi connectivity index (χ0) is 29.8. The third kappa shape index (κ3) is 16.5. The molecule has 0 aromatic rings. The second-order valence-corrected chi connectivity index (χ2v) is 10.7. The van der Waals surface area contributed by atoms with Gasteiger partial charge in [-0.1, -0.05) is 52.4 Å². The molecule has 0 amide bonds. The Labute approximate surface area is 234 Å². The van der Waals surface area contributed by atoms with Gasteiger partial charge < -0.3 is 60.9 Å². The van der Waals surface area contributed by atoms with Gasteiger partial charge >= 0.3 is 0 Å². The van der Waals surface area contributed by atoms with Crippen LogP contribution in [0.15, 0.2) is 0 Å². The first-order chi connectivity index (χ1) is 18.5. The van der Waals surface area contributed by atoms with Crippen LogP contribution in [-0.4, -0.2) is 162 Å². The number of aliphatic hydroxyl groups is 10. The molecule has 39 heavy (non-hydrogen) atoms. The van der Waals surface area contributed by atoms with E-state index < -0.39 is 62.0 Å². The second kappa shape index (κ2) is 23.1. The summed E-state index contributed by atoms with van der Waals surface area (Å²) in [6.07, 6.45) is -3.72. The molecule has 12 heteroatoms. The van der Waals surface area contributed by atoms with Crippen molar-refractivity contribution in [2.45, 2.75) is 120 Å². The second-order valence-electron chi connectivity index (χ2n) is 10.7. The average Bonchev–Trinajstić information content (AvgIpc) is 2.94. The fourth-order valence-electron chi connectivity index (χ4n) is 4.50. The first kappa shape index (κ1) is 38.5. The molecule has 0 heterocycles. The van der Waals surface area contributed by atoms with E-state index in [9.17, 15) is 40.9 Å². The fraction of sp³-hybridized carbons (Fsp3) is 1.00. The Morgan fingerprint density at radius 2 is 0.718 bits per heavy atom. The molecule has 0 aromatic heterocycles. The maximum absolute atomic E-state index is 10.5. The van der Waals surface area contributed by atoms with E-state index in [0.29, 0.717) is 32.6 Å². The van der Waals surface area contributed by atoms with Crippen LogP contribution < -0.4 is 0 Å². The van der Waals surface area contributed by atoms with Gasteiger partial charge in [0.2, 0.25) is 0 Å². The number of unbranched alkanes of at least 4 members (excludes halogenated alkanes) is 6. The largest absolute Gasteiger partial charge is 0.394 e. The van der Waals surface area contributed by atoms with Crippen LogP contribution in [0.4, 0.5) is 0 Å². The van der Waals surface area contributed by atoms with Crippen LogP contribution in [-0.2, 0) is 0 Å². The summed E-state index contributed by atoms with van der Waals surface area (Å²) in [7, 11) is 0. The maximum atomic E-state index is 10.5. The Hall–Kier alpha value is -0.480. The number of hydrogen-bond acceptors (Lipinski definition) is 12. The minimum absolute atomic E-state index is 0.0611. The van der Waals surface area contributed by atoms with Gasteiger partial charge in [0, 0.05) is 13.1 Å². The zero-order valence-corrected chi connectivity index (χ0v) is 24.0. The van der Waals surface area contributed by atoms with Crippen LogP contribution in [0.25, 0.3) is 0 Å². The summed E-state index contributed by atoms with van der Waals surface area (Å²) in [6.45, 7) is 5.27. The van der Waals surface area contributed by atoms with Crippen molar-refractivity contribution < 1.29 is 51.1 Å². The smallest absolute Gasteiger partial charge is 0.111 e. The molecule has 8 unspecified atom stereocenters. The van der Waals surface area contributed by atoms with Crippen LogP contribution in [0, 0.1) is 0 Å². The van der Waals surface area contributed by atoms with E-state index in [4.69, 9.17) is 10.2 Å². The van der Waals surface area contributed by atoms with Crippen molar-refractivity contribution in [1.82, 2.24) is 9.80 Å². The Bertz CT molecular complexity index is 519. The highest BCUT2D eigenvalue weighted by molar-refractivity contribution is 4.84. The number of aliphatic hydroxyl groups excluding tert-OH is 10. The third-order valence-electron chi connectivity index (χ3n) is 7.15. The number of nitrogens with zero attached hydrogens (tertiary/aromatic N) is 2. The van der Waals surface area contributed by atoms with Crippen LogP contribution in [0.2, 0.25) is 0 Å². The number of rotatable bonds is 26. The van der Waals surface area contributed by atoms with Crippen molar-refractivity contribution in [1.29, 1.82) is 0 Å². The maximum Gasteiger partial charge on any atom is 0.111 e. The number of hydrogen-bond donors (Lipinski definition) is 10. The third-order valence-corrected chi connectivity index (χ3v) is 7.15. The van der Waals surface area contributed by atoms with Gasteiger partial charge in [0.1, 0.15) is 36.6 Å². The zero-order valence-electron chi connectivity index (χ0n) is 24.0. The van der Waals surface area contributed by atoms with Gasteiger partial charge in [0.25, 0.3) is 0 Å². The van der Waals surface area contributed by atoms with E-state index in [-0.39, 0.29) is 13.1 Å². The van der Waals surface area contributed by atoms with E-state index in [1.54, 1.807) is 0 Å². The highest BCUT2D eigenvalue weighted by Gasteiger charge is 2.32. The Kier molecular flexibility index (Phi) is 22.8. The summed E-state index contributed by atoms with van der Waals surface area (Å²) in [5.41, 5.74) is 0. The molecular weight excluding hydrogens is 512 g/mol. The fourth-order valence-corrected chi connectivity index (χ4v) is 4.50. The van der Waals surface area contributed by atoms with Crippen molar-refractivity contribution in [3.63, 3.8) is 0 Å². The summed E-state index contributed by atoms with van der Waals surface area (Å²) >= 11 is 0. The summed E-state index contributed by atoms with van der Waals surface area (Å²) in [5.74, 6) is 0. The lowest BCUT2D eigenvalue weighted by molar-refractivity contribution is -0.120. The highest BCUT2D eigenvalue weighted by Crippen LogP contribution is 2.12. The Morgan fingerprint density at radius 3 is 1.03 bits per heavy atom. The molecule has 0 saturated carbocycles. The molecule has 0 aliphatic rings. The van der Waals surface area contributed by atoms with Gasteiger partial charge in [-0.3, -0.25) is 0 Å². The van der Waals surface area contributed by atoms with E-state index in [1.165, 1.54) is 0 Å². The molecule has 0 rings (SSSR count). The summed E-state index contributed by atoms with van der Waals surface area (Å²) in [5, 5.41) is 98.7. The first-order valence-electron chi connectivity index (χ1n) is 14.6. The molecule has 0 aliphatic carbocycles. The summed E-state index contributed by atoms with van der Waals surface area (Å²) in [4.78, 5) is 3.95. The van der Waals surface area contributed by atoms with Crippen LogP contribution >= 0.6 is 0 Å². The van der Waals surface area contributed by atoms with Crippen LogP contribution in [0.5, 0.6) is 0 Å². The Balaban J connectivity index is 5.18. The molecule has 10 N–H and O–H groups in total. The first-order valence-corrected chi connectivity index (χ1v) is 14.6. The van der Waals surface area contributed by atoms with Crippen molar-refractivity contribution in [3.05, 3.63) is 0 Å². The van der Waals surface area contributed by atoms with Crippen molar-refractivity contribution in [2.24, 2.45) is 0 Å². The van der Waals surface area contributed by atoms with Crippen molar-refractivity contribution >= 4 is 0 Å². The van der Waals surface area contributed by atoms with Gasteiger partial charge in [-0.2, -0.15) is 0 Å². The lowest BCUT2D eigenvalue weighted by Gasteiger charge is -2.32. The molecule has 0 aliphatic heterocycles. The molecule has 236 valence electrons. The molecule has 0 aromatic carbocycles. The molecule has 0 fully saturated rings. The van der Waals surface area contributed by atoms with Gasteiger partial charge in [0.05, 0.1) is 25.4 Å². The van der Waals surface area contributed by atoms with Gasteiger partial charge in [-0.15, -0.1) is 0 Å². The Morgan fingerprint density at radius 1 is 0.410 bits per heavy atom. The van der Waals surface area contributed by atoms with E-state index in [2.05, 4.69) is 13.8 Å². The molecule has 0 radical (unpaired) electrons. The average molecular weight is 571 g/mol. The van der Waals surface area contributed by atoms with Crippen LogP contribution in [0.3, 0.4) is 0 Å². The van der Waals surface area contributed by atoms with E-state index in [0.717, 1.165) is 51.4 Å². The molecule has 12 nitrogen and oxygen atoms in total. The van der Waals surface area contributed by atoms with Crippen molar-refractivity contribution in [3.8, 4) is 0 Å². The quantitative estimate of drug-likeness (QED) is 0.0513. The molecule has 8 atom stereocenters. The van der Waals surface area contributed by atoms with Crippen LogP contribution in [0.1, 0.15) is 71.6 Å². The van der Waals surface area contributed by atoms with E-state index >= 15 is 0 Å². The SMILES string of the molecule is CCCCCCN(CCCN(CCCCCC)CC(O)C(O)C(O)C(O)CO)CC(O)C(O)C(O)C(O)CO. The monoisotopic (exact) mass is 570 g/mol. The van der Waals surface area contributed by atoms with E-state index in [1.807, 2.05) is 9.80 Å². The summed E-state index contributed by atoms with van der Waals surface area (Å²) < 4.78 is 0. The molecule has 0 spiro atoms. The lowest BCUT2D eigenvalue weighted by Crippen LogP contribution is -2.50. The summed E-state index contributed by atoms with van der Waals surface area (Å²) in [6, 6.07) is 0. The predicted molar refractivity (Wildman–Crippen MR) is 148 cm³/mol. The normalized spacial score (nSPS) is 18.6. The van der Waals surface area contributed by atoms with Crippen molar-refractivity contribution in [2.75, 3.05) is 52.5 Å².